The van der Waals surface area contributed by atoms with Gasteiger partial charge in [-0.1, -0.05) is 12.1 Å². The molecule has 0 aliphatic rings. The van der Waals surface area contributed by atoms with Crippen LogP contribution in [0.3, 0.4) is 0 Å². The number of hydrogen-bond acceptors (Lipinski definition) is 9. The number of nitrogens with zero attached hydrogens (tertiary/aromatic N) is 1. The molecule has 0 bridgehead atoms. The maximum absolute atomic E-state index is 12.3. The van der Waals surface area contributed by atoms with Gasteiger partial charge in [-0.05, 0) is 24.3 Å². The molecule has 10 heteroatoms. The number of benzene rings is 2. The van der Waals surface area contributed by atoms with Gasteiger partial charge in [-0.3, -0.25) is 9.59 Å². The molecule has 33 heavy (non-hydrogen) atoms. The minimum Gasteiger partial charge on any atom is -0.490 e. The number of carbonyl (C=O) groups is 1. The molecular formula is C23H15NO9. The first-order valence-corrected chi connectivity index (χ1v) is 9.58. The van der Waals surface area contributed by atoms with Gasteiger partial charge in [0.15, 0.2) is 10.9 Å². The monoisotopic (exact) mass is 449 g/mol. The smallest absolute Gasteiger partial charge is 0.371 e. The fourth-order valence-corrected chi connectivity index (χ4v) is 3.18. The number of ether oxygens (including phenoxy) is 2. The van der Waals surface area contributed by atoms with Crippen LogP contribution >= 0.6 is 0 Å². The van der Waals surface area contributed by atoms with Gasteiger partial charge >= 0.3 is 5.97 Å². The quantitative estimate of drug-likeness (QED) is 0.428. The van der Waals surface area contributed by atoms with Gasteiger partial charge in [0.1, 0.15) is 58.8 Å². The third-order valence-electron chi connectivity index (χ3n) is 4.62. The molecule has 0 fully saturated rings. The Labute approximate surface area is 184 Å². The van der Waals surface area contributed by atoms with Crippen LogP contribution in [0.5, 0.6) is 11.5 Å². The van der Waals surface area contributed by atoms with Crippen LogP contribution in [0.25, 0.3) is 21.9 Å². The van der Waals surface area contributed by atoms with E-state index >= 15 is 0 Å². The number of aliphatic hydroxyl groups is 1. The van der Waals surface area contributed by atoms with Crippen molar-refractivity contribution < 1.29 is 33.3 Å². The topological polar surface area (TPSA) is 160 Å². The molecule has 0 aliphatic heterocycles. The number of rotatable bonds is 7. The first-order valence-electron chi connectivity index (χ1n) is 9.58. The molecule has 0 spiro atoms. The molecule has 0 saturated heterocycles. The third kappa shape index (κ3) is 4.39. The lowest BCUT2D eigenvalue weighted by Crippen LogP contribution is -2.25. The Balaban J connectivity index is 1.49. The van der Waals surface area contributed by atoms with E-state index < -0.39 is 28.7 Å². The largest absolute Gasteiger partial charge is 0.490 e. The summed E-state index contributed by atoms with van der Waals surface area (Å²) in [6, 6.07) is 12.7. The molecule has 1 atom stereocenters. The predicted octanol–water partition coefficient (Wildman–Crippen LogP) is 2.29. The molecule has 2 heterocycles. The van der Waals surface area contributed by atoms with Crippen molar-refractivity contribution in [3.8, 4) is 17.6 Å². The summed E-state index contributed by atoms with van der Waals surface area (Å²) in [6.07, 6.45) is -1.15. The van der Waals surface area contributed by atoms with Gasteiger partial charge in [0, 0.05) is 12.1 Å². The van der Waals surface area contributed by atoms with E-state index in [4.69, 9.17) is 28.7 Å². The minimum atomic E-state index is -1.38. The fraction of sp³-hybridized carbons (Fsp3) is 0.130. The van der Waals surface area contributed by atoms with Crippen LogP contribution in [-0.2, 0) is 0 Å². The average Bonchev–Trinajstić information content (AvgIpc) is 2.80. The molecule has 2 aromatic carbocycles. The second-order valence-corrected chi connectivity index (χ2v) is 6.90. The summed E-state index contributed by atoms with van der Waals surface area (Å²) in [5.41, 5.74) is -0.862. The van der Waals surface area contributed by atoms with Gasteiger partial charge in [0.05, 0.1) is 0 Å². The van der Waals surface area contributed by atoms with Gasteiger partial charge in [-0.25, -0.2) is 4.79 Å². The van der Waals surface area contributed by atoms with Crippen LogP contribution in [-0.4, -0.2) is 35.5 Å². The molecule has 2 N–H and O–H groups in total. The SMILES string of the molecule is N#Cc1cc(=O)c2c(OCC(O)COc3cccc4oc(C(=O)O)cc(=O)c34)cccc2o1. The molecule has 4 aromatic rings. The second kappa shape index (κ2) is 8.86. The summed E-state index contributed by atoms with van der Waals surface area (Å²) in [6.45, 7) is -0.516. The molecule has 0 saturated carbocycles. The van der Waals surface area contributed by atoms with Gasteiger partial charge < -0.3 is 28.5 Å². The van der Waals surface area contributed by atoms with Crippen LogP contribution in [0.2, 0.25) is 0 Å². The zero-order chi connectivity index (χ0) is 23.5. The summed E-state index contributed by atoms with van der Waals surface area (Å²) in [5.74, 6) is -1.74. The van der Waals surface area contributed by atoms with Crippen molar-refractivity contribution in [1.29, 1.82) is 5.26 Å². The summed E-state index contributed by atoms with van der Waals surface area (Å²) in [7, 11) is 0. The highest BCUT2D eigenvalue weighted by Gasteiger charge is 2.16. The first-order chi connectivity index (χ1) is 15.9. The number of aliphatic hydroxyl groups excluding tert-OH is 1. The second-order valence-electron chi connectivity index (χ2n) is 6.90. The Bertz CT molecular complexity index is 1530. The fourth-order valence-electron chi connectivity index (χ4n) is 3.18. The highest BCUT2D eigenvalue weighted by atomic mass is 16.5. The van der Waals surface area contributed by atoms with E-state index in [2.05, 4.69) is 0 Å². The van der Waals surface area contributed by atoms with E-state index in [0.29, 0.717) is 0 Å². The van der Waals surface area contributed by atoms with Crippen molar-refractivity contribution in [1.82, 2.24) is 0 Å². The zero-order valence-corrected chi connectivity index (χ0v) is 16.8. The van der Waals surface area contributed by atoms with Crippen molar-refractivity contribution >= 4 is 27.9 Å². The van der Waals surface area contributed by atoms with Gasteiger partial charge in [0.25, 0.3) is 0 Å². The van der Waals surface area contributed by atoms with E-state index in [9.17, 15) is 19.5 Å². The standard InChI is InChI=1S/C23H15NO9/c24-9-13-7-14(26)21-16(3-1-5-18(21)32-13)30-10-12(25)11-31-17-4-2-6-19-22(17)15(27)8-20(33-19)23(28)29/h1-8,12,25H,10-11H2,(H,28,29). The Morgan fingerprint density at radius 1 is 0.939 bits per heavy atom. The van der Waals surface area contributed by atoms with Gasteiger partial charge in [-0.2, -0.15) is 5.26 Å². The van der Waals surface area contributed by atoms with Crippen LogP contribution in [0.15, 0.2) is 67.0 Å². The lowest BCUT2D eigenvalue weighted by atomic mass is 10.2. The molecule has 166 valence electrons. The Morgan fingerprint density at radius 2 is 1.48 bits per heavy atom. The molecule has 2 aromatic heterocycles. The highest BCUT2D eigenvalue weighted by molar-refractivity contribution is 5.89. The molecule has 1 unspecified atom stereocenters. The average molecular weight is 449 g/mol. The Morgan fingerprint density at radius 3 is 2.03 bits per heavy atom. The van der Waals surface area contributed by atoms with Crippen molar-refractivity contribution in [2.45, 2.75) is 6.10 Å². The summed E-state index contributed by atoms with van der Waals surface area (Å²) >= 11 is 0. The Kier molecular flexibility index (Phi) is 5.80. The van der Waals surface area contributed by atoms with Crippen molar-refractivity contribution in [3.63, 3.8) is 0 Å². The number of carboxylic acid groups (broad SMARTS) is 1. The maximum Gasteiger partial charge on any atom is 0.371 e. The first kappa shape index (κ1) is 21.6. The highest BCUT2D eigenvalue weighted by Crippen LogP contribution is 2.25. The van der Waals surface area contributed by atoms with E-state index in [1.165, 1.54) is 30.3 Å². The van der Waals surface area contributed by atoms with Crippen molar-refractivity contribution in [3.05, 3.63) is 80.5 Å². The lowest BCUT2D eigenvalue weighted by Gasteiger charge is -2.15. The van der Waals surface area contributed by atoms with E-state index in [0.717, 1.165) is 12.1 Å². The molecular weight excluding hydrogens is 434 g/mol. The molecule has 4 rings (SSSR count). The van der Waals surface area contributed by atoms with Gasteiger partial charge in [0.2, 0.25) is 11.5 Å². The number of carboxylic acids is 1. The van der Waals surface area contributed by atoms with E-state index in [1.807, 2.05) is 0 Å². The minimum absolute atomic E-state index is 0.0300. The van der Waals surface area contributed by atoms with Gasteiger partial charge in [-0.15, -0.1) is 0 Å². The maximum atomic E-state index is 12.3. The normalized spacial score (nSPS) is 11.8. The Hall–Kier alpha value is -4.62. The van der Waals surface area contributed by atoms with Crippen LogP contribution in [0.4, 0.5) is 0 Å². The molecule has 0 radical (unpaired) electrons. The van der Waals surface area contributed by atoms with E-state index in [1.54, 1.807) is 12.1 Å². The zero-order valence-electron chi connectivity index (χ0n) is 16.8. The summed E-state index contributed by atoms with van der Waals surface area (Å²) < 4.78 is 21.6. The summed E-state index contributed by atoms with van der Waals surface area (Å²) in [4.78, 5) is 35.7. The number of nitriles is 1. The number of aromatic carboxylic acids is 1. The van der Waals surface area contributed by atoms with Crippen LogP contribution < -0.4 is 20.3 Å². The number of hydrogen-bond donors (Lipinski definition) is 2. The third-order valence-corrected chi connectivity index (χ3v) is 4.62. The molecule has 0 aliphatic carbocycles. The lowest BCUT2D eigenvalue weighted by molar-refractivity contribution is 0.0636. The van der Waals surface area contributed by atoms with E-state index in [-0.39, 0.29) is 52.4 Å². The predicted molar refractivity (Wildman–Crippen MR) is 114 cm³/mol. The van der Waals surface area contributed by atoms with Crippen LogP contribution in [0.1, 0.15) is 16.3 Å². The van der Waals surface area contributed by atoms with Crippen molar-refractivity contribution in [2.24, 2.45) is 0 Å². The summed E-state index contributed by atoms with van der Waals surface area (Å²) in [5, 5.41) is 28.4. The number of fused-ring (bicyclic) bond motifs is 2. The molecule has 10 nitrogen and oxygen atoms in total. The van der Waals surface area contributed by atoms with Crippen molar-refractivity contribution in [2.75, 3.05) is 13.2 Å². The molecule has 0 amide bonds. The van der Waals surface area contributed by atoms with Crippen LogP contribution in [0, 0.1) is 11.3 Å².